The number of piperidine rings is 1. The van der Waals surface area contributed by atoms with Crippen LogP contribution in [0.1, 0.15) is 12.8 Å². The molecule has 17 heavy (non-hydrogen) atoms. The largest absolute Gasteiger partial charge is 0.370 e. The maximum absolute atomic E-state index is 6.01. The van der Waals surface area contributed by atoms with Crippen molar-refractivity contribution in [3.8, 4) is 0 Å². The van der Waals surface area contributed by atoms with E-state index in [0.717, 1.165) is 19.6 Å². The molecular weight excluding hydrogens is 210 g/mol. The van der Waals surface area contributed by atoms with E-state index < -0.39 is 0 Å². The lowest BCUT2D eigenvalue weighted by Crippen LogP contribution is -2.60. The summed E-state index contributed by atoms with van der Waals surface area (Å²) in [5.74, 6) is 0. The summed E-state index contributed by atoms with van der Waals surface area (Å²) in [6, 6.07) is 10.6. The molecule has 1 aliphatic heterocycles. The number of nitrogens with two attached hydrogens (primary N) is 1. The number of benzene rings is 1. The lowest BCUT2D eigenvalue weighted by Gasteiger charge is -2.47. The van der Waals surface area contributed by atoms with Crippen molar-refractivity contribution < 1.29 is 0 Å². The minimum Gasteiger partial charge on any atom is -0.370 e. The van der Waals surface area contributed by atoms with Crippen molar-refractivity contribution in [2.45, 2.75) is 18.4 Å². The Morgan fingerprint density at radius 3 is 2.59 bits per heavy atom. The molecular formula is C14H23N3. The zero-order valence-electron chi connectivity index (χ0n) is 10.9. The second kappa shape index (κ2) is 5.07. The molecule has 1 atom stereocenters. The van der Waals surface area contributed by atoms with Gasteiger partial charge in [-0.1, -0.05) is 18.2 Å². The van der Waals surface area contributed by atoms with Gasteiger partial charge in [0.25, 0.3) is 0 Å². The van der Waals surface area contributed by atoms with Gasteiger partial charge in [-0.05, 0) is 39.1 Å². The van der Waals surface area contributed by atoms with E-state index in [1.165, 1.54) is 18.5 Å². The fourth-order valence-electron chi connectivity index (χ4n) is 2.69. The minimum atomic E-state index is 0.133. The summed E-state index contributed by atoms with van der Waals surface area (Å²) < 4.78 is 0. The monoisotopic (exact) mass is 233 g/mol. The van der Waals surface area contributed by atoms with Gasteiger partial charge in [0.15, 0.2) is 0 Å². The fraction of sp³-hybridized carbons (Fsp3) is 0.571. The summed E-state index contributed by atoms with van der Waals surface area (Å²) in [6.45, 7) is 2.89. The molecule has 3 nitrogen and oxygen atoms in total. The van der Waals surface area contributed by atoms with Gasteiger partial charge in [0, 0.05) is 25.3 Å². The van der Waals surface area contributed by atoms with Crippen LogP contribution < -0.4 is 10.6 Å². The van der Waals surface area contributed by atoms with Gasteiger partial charge in [0.1, 0.15) is 0 Å². The van der Waals surface area contributed by atoms with E-state index in [4.69, 9.17) is 5.73 Å². The fourth-order valence-corrected chi connectivity index (χ4v) is 2.69. The van der Waals surface area contributed by atoms with E-state index in [0.29, 0.717) is 0 Å². The van der Waals surface area contributed by atoms with Crippen LogP contribution in [0.5, 0.6) is 0 Å². The van der Waals surface area contributed by atoms with Crippen LogP contribution in [-0.2, 0) is 0 Å². The van der Waals surface area contributed by atoms with Crippen LogP contribution in [0.4, 0.5) is 5.69 Å². The van der Waals surface area contributed by atoms with Gasteiger partial charge in [-0.2, -0.15) is 0 Å². The second-order valence-electron chi connectivity index (χ2n) is 5.18. The van der Waals surface area contributed by atoms with Gasteiger partial charge in [0.2, 0.25) is 0 Å². The Kier molecular flexibility index (Phi) is 3.69. The molecule has 0 spiro atoms. The predicted octanol–water partition coefficient (Wildman–Crippen LogP) is 1.55. The SMILES string of the molecule is CN(C)C1(CN)CCCN(c2ccccc2)C1. The molecule has 1 fully saturated rings. The van der Waals surface area contributed by atoms with E-state index in [1.807, 2.05) is 0 Å². The first kappa shape index (κ1) is 12.4. The molecule has 0 radical (unpaired) electrons. The molecule has 0 saturated carbocycles. The number of rotatable bonds is 3. The smallest absolute Gasteiger partial charge is 0.0501 e. The van der Waals surface area contributed by atoms with Crippen molar-refractivity contribution in [2.24, 2.45) is 5.73 Å². The van der Waals surface area contributed by atoms with E-state index in [1.54, 1.807) is 0 Å². The van der Waals surface area contributed by atoms with Crippen LogP contribution in [0.25, 0.3) is 0 Å². The highest BCUT2D eigenvalue weighted by atomic mass is 15.2. The molecule has 2 rings (SSSR count). The number of hydrogen-bond acceptors (Lipinski definition) is 3. The van der Waals surface area contributed by atoms with Crippen LogP contribution >= 0.6 is 0 Å². The molecule has 1 unspecified atom stereocenters. The molecule has 0 bridgehead atoms. The van der Waals surface area contributed by atoms with Crippen LogP contribution in [0, 0.1) is 0 Å². The highest BCUT2D eigenvalue weighted by molar-refractivity contribution is 5.47. The van der Waals surface area contributed by atoms with Gasteiger partial charge in [-0.15, -0.1) is 0 Å². The van der Waals surface area contributed by atoms with E-state index in [9.17, 15) is 0 Å². The van der Waals surface area contributed by atoms with Crippen LogP contribution in [0.2, 0.25) is 0 Å². The average Bonchev–Trinajstić information content (AvgIpc) is 2.39. The van der Waals surface area contributed by atoms with Gasteiger partial charge < -0.3 is 15.5 Å². The standard InChI is InChI=1S/C14H23N3/c1-16(2)14(11-15)9-6-10-17(12-14)13-7-4-3-5-8-13/h3-5,7-8H,6,9-12,15H2,1-2H3. The van der Waals surface area contributed by atoms with E-state index in [2.05, 4.69) is 54.2 Å². The summed E-state index contributed by atoms with van der Waals surface area (Å²) in [5.41, 5.74) is 7.46. The number of para-hydroxylation sites is 1. The first-order valence-corrected chi connectivity index (χ1v) is 6.35. The van der Waals surface area contributed by atoms with Gasteiger partial charge >= 0.3 is 0 Å². The van der Waals surface area contributed by atoms with E-state index in [-0.39, 0.29) is 5.54 Å². The highest BCUT2D eigenvalue weighted by Gasteiger charge is 2.36. The number of anilines is 1. The Bertz CT molecular complexity index is 350. The quantitative estimate of drug-likeness (QED) is 0.859. The molecule has 0 amide bonds. The number of likely N-dealkylation sites (N-methyl/N-ethyl adjacent to an activating group) is 1. The Balaban J connectivity index is 2.17. The second-order valence-corrected chi connectivity index (χ2v) is 5.18. The summed E-state index contributed by atoms with van der Waals surface area (Å²) >= 11 is 0. The summed E-state index contributed by atoms with van der Waals surface area (Å²) in [6.07, 6.45) is 2.41. The van der Waals surface area contributed by atoms with Crippen LogP contribution in [0.3, 0.4) is 0 Å². The van der Waals surface area contributed by atoms with Crippen molar-refractivity contribution in [1.29, 1.82) is 0 Å². The predicted molar refractivity (Wildman–Crippen MR) is 73.4 cm³/mol. The average molecular weight is 233 g/mol. The Morgan fingerprint density at radius 2 is 2.00 bits per heavy atom. The first-order valence-electron chi connectivity index (χ1n) is 6.35. The first-order chi connectivity index (χ1) is 8.18. The zero-order chi connectivity index (χ0) is 12.3. The molecule has 1 saturated heterocycles. The highest BCUT2D eigenvalue weighted by Crippen LogP contribution is 2.28. The van der Waals surface area contributed by atoms with Gasteiger partial charge in [0.05, 0.1) is 5.54 Å². The maximum Gasteiger partial charge on any atom is 0.0501 e. The van der Waals surface area contributed by atoms with Gasteiger partial charge in [-0.3, -0.25) is 0 Å². The summed E-state index contributed by atoms with van der Waals surface area (Å²) in [4.78, 5) is 4.75. The van der Waals surface area contributed by atoms with Crippen LogP contribution in [0.15, 0.2) is 30.3 Å². The van der Waals surface area contributed by atoms with Crippen molar-refractivity contribution >= 4 is 5.69 Å². The maximum atomic E-state index is 6.01. The molecule has 0 aliphatic carbocycles. The van der Waals surface area contributed by atoms with Crippen molar-refractivity contribution in [2.75, 3.05) is 38.6 Å². The molecule has 94 valence electrons. The summed E-state index contributed by atoms with van der Waals surface area (Å²) in [7, 11) is 4.28. The van der Waals surface area contributed by atoms with Crippen molar-refractivity contribution in [3.63, 3.8) is 0 Å². The van der Waals surface area contributed by atoms with Crippen molar-refractivity contribution in [3.05, 3.63) is 30.3 Å². The lowest BCUT2D eigenvalue weighted by molar-refractivity contribution is 0.135. The third-order valence-electron chi connectivity index (χ3n) is 4.01. The third-order valence-corrected chi connectivity index (χ3v) is 4.01. The van der Waals surface area contributed by atoms with Crippen molar-refractivity contribution in [1.82, 2.24) is 4.90 Å². The molecule has 1 aromatic rings. The lowest BCUT2D eigenvalue weighted by atomic mass is 9.87. The van der Waals surface area contributed by atoms with Crippen LogP contribution in [-0.4, -0.2) is 44.2 Å². The number of hydrogen-bond donors (Lipinski definition) is 1. The molecule has 0 aromatic heterocycles. The normalized spacial score (nSPS) is 25.3. The van der Waals surface area contributed by atoms with E-state index >= 15 is 0 Å². The Hall–Kier alpha value is -1.06. The Morgan fingerprint density at radius 1 is 1.29 bits per heavy atom. The third kappa shape index (κ3) is 2.45. The summed E-state index contributed by atoms with van der Waals surface area (Å²) in [5, 5.41) is 0. The van der Waals surface area contributed by atoms with Gasteiger partial charge in [-0.25, -0.2) is 0 Å². The molecule has 2 N–H and O–H groups in total. The minimum absolute atomic E-state index is 0.133. The number of nitrogens with zero attached hydrogens (tertiary/aromatic N) is 2. The molecule has 1 aliphatic rings. The zero-order valence-corrected chi connectivity index (χ0v) is 10.9. The molecule has 1 heterocycles. The molecule has 3 heteroatoms. The topological polar surface area (TPSA) is 32.5 Å². The molecule has 1 aromatic carbocycles. The Labute approximate surface area is 104 Å².